The number of carbonyl (C=O) groups excluding carboxylic acids is 2. The molecule has 4 rings (SSSR count). The van der Waals surface area contributed by atoms with Crippen LogP contribution in [0.25, 0.3) is 0 Å². The number of carbonyl (C=O) groups is 2. The van der Waals surface area contributed by atoms with Crippen LogP contribution in [-0.4, -0.2) is 49.1 Å². The number of nitrogens with one attached hydrogen (secondary N) is 1. The van der Waals surface area contributed by atoms with Crippen molar-refractivity contribution in [3.63, 3.8) is 0 Å². The Kier molecular flexibility index (Phi) is 14.0. The lowest BCUT2D eigenvalue weighted by Crippen LogP contribution is -2.38. The number of likely N-dealkylation sites (tertiary alicyclic amines) is 1. The van der Waals surface area contributed by atoms with E-state index in [1.165, 1.54) is 12.0 Å². The summed E-state index contributed by atoms with van der Waals surface area (Å²) in [6, 6.07) is 10.2. The third kappa shape index (κ3) is 7.81. The summed E-state index contributed by atoms with van der Waals surface area (Å²) in [7, 11) is 2.65. The van der Waals surface area contributed by atoms with E-state index in [1.54, 1.807) is 7.05 Å². The Morgan fingerprint density at radius 2 is 1.46 bits per heavy atom. The number of aliphatic hydroxyl groups is 1. The fourth-order valence-corrected chi connectivity index (χ4v) is 4.89. The molecule has 4 N–H and O–H groups in total. The molecule has 0 bridgehead atoms. The SMILES string of the molecule is CC.CC.CNC(=O)c1cc(C(=O)N2CCC(c3ccc(N)c(C)c3)CC2)c(C)cc1C1CCC1.CO. The van der Waals surface area contributed by atoms with Crippen molar-refractivity contribution in [2.24, 2.45) is 0 Å². The third-order valence-corrected chi connectivity index (χ3v) is 7.19. The van der Waals surface area contributed by atoms with Gasteiger partial charge in [0.25, 0.3) is 11.8 Å². The second-order valence-corrected chi connectivity index (χ2v) is 9.14. The Morgan fingerprint density at radius 3 is 1.95 bits per heavy atom. The number of nitrogen functional groups attached to an aromatic ring is 1. The lowest BCUT2D eigenvalue weighted by molar-refractivity contribution is 0.0712. The highest BCUT2D eigenvalue weighted by Crippen LogP contribution is 2.39. The maximum atomic E-state index is 13.4. The summed E-state index contributed by atoms with van der Waals surface area (Å²) in [5.74, 6) is 0.823. The topological polar surface area (TPSA) is 95.7 Å². The number of hydrogen-bond acceptors (Lipinski definition) is 4. The number of amides is 2. The van der Waals surface area contributed by atoms with Crippen LogP contribution in [0.15, 0.2) is 30.3 Å². The maximum absolute atomic E-state index is 13.4. The van der Waals surface area contributed by atoms with Gasteiger partial charge in [0.15, 0.2) is 0 Å². The lowest BCUT2D eigenvalue weighted by atomic mass is 9.77. The van der Waals surface area contributed by atoms with Gasteiger partial charge in [-0.05, 0) is 85.8 Å². The van der Waals surface area contributed by atoms with Gasteiger partial charge in [0, 0.05) is 44.1 Å². The van der Waals surface area contributed by atoms with E-state index < -0.39 is 0 Å². The average Bonchev–Trinajstić information content (AvgIpc) is 2.92. The highest BCUT2D eigenvalue weighted by atomic mass is 16.2. The van der Waals surface area contributed by atoms with Crippen LogP contribution in [-0.2, 0) is 0 Å². The van der Waals surface area contributed by atoms with Crippen molar-refractivity contribution in [1.29, 1.82) is 0 Å². The van der Waals surface area contributed by atoms with Gasteiger partial charge in [-0.2, -0.15) is 0 Å². The van der Waals surface area contributed by atoms with Crippen LogP contribution in [0.1, 0.15) is 115 Å². The van der Waals surface area contributed by atoms with Crippen molar-refractivity contribution in [2.45, 2.75) is 85.5 Å². The maximum Gasteiger partial charge on any atom is 0.254 e. The van der Waals surface area contributed by atoms with Crippen LogP contribution in [0.4, 0.5) is 5.69 Å². The number of nitrogens with two attached hydrogens (primary N) is 1. The quantitative estimate of drug-likeness (QED) is 0.426. The van der Waals surface area contributed by atoms with E-state index >= 15 is 0 Å². The second-order valence-electron chi connectivity index (χ2n) is 9.14. The normalized spacial score (nSPS) is 15.0. The Bertz CT molecular complexity index is 1010. The highest BCUT2D eigenvalue weighted by Gasteiger charge is 2.29. The summed E-state index contributed by atoms with van der Waals surface area (Å²) in [4.78, 5) is 27.9. The molecule has 0 aromatic heterocycles. The van der Waals surface area contributed by atoms with Crippen molar-refractivity contribution < 1.29 is 14.7 Å². The second kappa shape index (κ2) is 16.1. The van der Waals surface area contributed by atoms with Gasteiger partial charge in [-0.15, -0.1) is 0 Å². The van der Waals surface area contributed by atoms with Crippen molar-refractivity contribution >= 4 is 17.5 Å². The van der Waals surface area contributed by atoms with Crippen LogP contribution < -0.4 is 11.1 Å². The van der Waals surface area contributed by atoms with Gasteiger partial charge in [0.2, 0.25) is 0 Å². The Labute approximate surface area is 224 Å². The molecule has 2 aromatic rings. The molecule has 6 nitrogen and oxygen atoms in total. The predicted octanol–water partition coefficient (Wildman–Crippen LogP) is 6.19. The van der Waals surface area contributed by atoms with Crippen molar-refractivity contribution in [3.8, 4) is 0 Å². The molecule has 1 heterocycles. The number of benzene rings is 2. The van der Waals surface area contributed by atoms with E-state index in [1.807, 2.05) is 58.6 Å². The van der Waals surface area contributed by atoms with E-state index in [4.69, 9.17) is 10.8 Å². The zero-order chi connectivity index (χ0) is 28.1. The van der Waals surface area contributed by atoms with Crippen LogP contribution in [0, 0.1) is 13.8 Å². The molecule has 1 saturated carbocycles. The van der Waals surface area contributed by atoms with Crippen LogP contribution in [0.3, 0.4) is 0 Å². The van der Waals surface area contributed by atoms with Gasteiger partial charge < -0.3 is 21.1 Å². The number of aliphatic hydroxyl groups excluding tert-OH is 1. The Hall–Kier alpha value is -2.86. The summed E-state index contributed by atoms with van der Waals surface area (Å²) in [5.41, 5.74) is 12.6. The molecule has 6 heteroatoms. The van der Waals surface area contributed by atoms with E-state index in [0.29, 0.717) is 23.0 Å². The number of nitrogens with zero attached hydrogens (tertiary/aromatic N) is 1. The summed E-state index contributed by atoms with van der Waals surface area (Å²) >= 11 is 0. The fourth-order valence-electron chi connectivity index (χ4n) is 4.89. The molecule has 1 aliphatic carbocycles. The summed E-state index contributed by atoms with van der Waals surface area (Å²) in [6.07, 6.45) is 5.33. The molecule has 1 saturated heterocycles. The molecule has 0 atom stereocenters. The molecule has 206 valence electrons. The number of piperidine rings is 1. The minimum absolute atomic E-state index is 0.0368. The van der Waals surface area contributed by atoms with Crippen molar-refractivity contribution in [3.05, 3.63) is 63.7 Å². The summed E-state index contributed by atoms with van der Waals surface area (Å²) in [6.45, 7) is 13.5. The van der Waals surface area contributed by atoms with Gasteiger partial charge in [0.1, 0.15) is 0 Å². The molecule has 2 amide bonds. The van der Waals surface area contributed by atoms with Crippen molar-refractivity contribution in [1.82, 2.24) is 10.2 Å². The van der Waals surface area contributed by atoms with Crippen LogP contribution >= 0.6 is 0 Å². The number of hydrogen-bond donors (Lipinski definition) is 3. The smallest absolute Gasteiger partial charge is 0.254 e. The molecule has 2 aromatic carbocycles. The van der Waals surface area contributed by atoms with Gasteiger partial charge in [-0.1, -0.05) is 52.3 Å². The summed E-state index contributed by atoms with van der Waals surface area (Å²) < 4.78 is 0. The first-order valence-corrected chi connectivity index (χ1v) is 13.9. The van der Waals surface area contributed by atoms with Gasteiger partial charge in [0.05, 0.1) is 0 Å². The molecule has 0 radical (unpaired) electrons. The number of anilines is 1. The number of rotatable bonds is 4. The predicted molar refractivity (Wildman–Crippen MR) is 155 cm³/mol. The van der Waals surface area contributed by atoms with E-state index in [0.717, 1.165) is 68.3 Å². The van der Waals surface area contributed by atoms with Gasteiger partial charge >= 0.3 is 0 Å². The first-order valence-electron chi connectivity index (χ1n) is 13.9. The standard InChI is InChI=1S/C26H33N3O2.2C2H6.CH4O/c1-16-14-22(19-5-4-6-19)23(25(30)28-3)15-21(16)26(31)29-11-9-18(10-12-29)20-7-8-24(27)17(2)13-20;3*1-2/h7-8,13-15,18-19H,4-6,9-12,27H2,1-3H3,(H,28,30);2*1-2H3;2H,1H3. The van der Waals surface area contributed by atoms with E-state index in [-0.39, 0.29) is 11.8 Å². The van der Waals surface area contributed by atoms with E-state index in [2.05, 4.69) is 23.5 Å². The molecule has 0 unspecified atom stereocenters. The first-order chi connectivity index (χ1) is 17.9. The monoisotopic (exact) mass is 511 g/mol. The minimum Gasteiger partial charge on any atom is -0.400 e. The minimum atomic E-state index is -0.103. The van der Waals surface area contributed by atoms with Gasteiger partial charge in [-0.3, -0.25) is 9.59 Å². The lowest BCUT2D eigenvalue weighted by Gasteiger charge is -2.33. The Morgan fingerprint density at radius 1 is 0.865 bits per heavy atom. The average molecular weight is 512 g/mol. The molecular weight excluding hydrogens is 462 g/mol. The summed E-state index contributed by atoms with van der Waals surface area (Å²) in [5, 5.41) is 9.75. The molecule has 2 fully saturated rings. The molecule has 1 aliphatic heterocycles. The van der Waals surface area contributed by atoms with E-state index in [9.17, 15) is 9.59 Å². The third-order valence-electron chi connectivity index (χ3n) is 7.19. The first kappa shape index (κ1) is 32.2. The van der Waals surface area contributed by atoms with Gasteiger partial charge in [-0.25, -0.2) is 0 Å². The van der Waals surface area contributed by atoms with Crippen LogP contribution in [0.2, 0.25) is 0 Å². The van der Waals surface area contributed by atoms with Crippen molar-refractivity contribution in [2.75, 3.05) is 33.0 Å². The Balaban J connectivity index is 0.00000106. The molecule has 37 heavy (non-hydrogen) atoms. The zero-order valence-corrected chi connectivity index (χ0v) is 24.3. The highest BCUT2D eigenvalue weighted by molar-refractivity contribution is 6.01. The zero-order valence-electron chi connectivity index (χ0n) is 24.3. The fraction of sp³-hybridized carbons (Fsp3) is 0.548. The molecule has 0 spiro atoms. The largest absolute Gasteiger partial charge is 0.400 e. The molecule has 2 aliphatic rings. The van der Waals surface area contributed by atoms with Crippen LogP contribution in [0.5, 0.6) is 0 Å². The molecular formula is C31H49N3O3. The number of aryl methyl sites for hydroxylation is 2.